The largest absolute Gasteiger partial charge is 0.379 e. The van der Waals surface area contributed by atoms with Crippen molar-refractivity contribution in [3.05, 3.63) is 15.6 Å². The fourth-order valence-electron chi connectivity index (χ4n) is 2.37. The highest BCUT2D eigenvalue weighted by atomic mass is 32.1. The Hall–Kier alpha value is -0.490. The van der Waals surface area contributed by atoms with Crippen molar-refractivity contribution in [2.45, 2.75) is 46.2 Å². The number of morpholine rings is 1. The number of unbranched alkanes of at least 4 members (excludes halogenated alkanes) is 1. The zero-order valence-corrected chi connectivity index (χ0v) is 13.6. The smallest absolute Gasteiger partial charge is 0.107 e. The van der Waals surface area contributed by atoms with Gasteiger partial charge in [-0.2, -0.15) is 0 Å². The summed E-state index contributed by atoms with van der Waals surface area (Å²) >= 11 is 1.88. The molecule has 1 aliphatic heterocycles. The molecule has 0 unspecified atom stereocenters. The number of rotatable bonds is 8. The molecule has 0 spiro atoms. The molecule has 0 bridgehead atoms. The fraction of sp³-hybridized carbons (Fsp3) is 0.800. The molecule has 2 rings (SSSR count). The lowest BCUT2D eigenvalue weighted by Gasteiger charge is -2.25. The Morgan fingerprint density at radius 1 is 1.30 bits per heavy atom. The van der Waals surface area contributed by atoms with Gasteiger partial charge in [-0.25, -0.2) is 4.98 Å². The van der Waals surface area contributed by atoms with E-state index in [0.29, 0.717) is 0 Å². The van der Waals surface area contributed by atoms with Gasteiger partial charge in [0.15, 0.2) is 0 Å². The van der Waals surface area contributed by atoms with Crippen LogP contribution in [0.5, 0.6) is 0 Å². The van der Waals surface area contributed by atoms with E-state index in [1.807, 2.05) is 11.3 Å². The molecule has 2 heterocycles. The van der Waals surface area contributed by atoms with E-state index in [1.165, 1.54) is 28.4 Å². The average Bonchev–Trinajstić information content (AvgIpc) is 2.86. The third-order valence-corrected chi connectivity index (χ3v) is 4.70. The third kappa shape index (κ3) is 4.81. The zero-order chi connectivity index (χ0) is 14.2. The minimum atomic E-state index is 0.859. The van der Waals surface area contributed by atoms with Crippen molar-refractivity contribution >= 4 is 11.3 Å². The number of nitrogens with zero attached hydrogens (tertiary/aromatic N) is 2. The summed E-state index contributed by atoms with van der Waals surface area (Å²) < 4.78 is 5.39. The predicted octanol–water partition coefficient (Wildman–Crippen LogP) is 2.43. The van der Waals surface area contributed by atoms with Crippen LogP contribution < -0.4 is 5.32 Å². The first-order valence-electron chi connectivity index (χ1n) is 7.81. The van der Waals surface area contributed by atoms with Crippen molar-refractivity contribution < 1.29 is 4.74 Å². The van der Waals surface area contributed by atoms with Crippen LogP contribution in [-0.4, -0.2) is 42.7 Å². The molecule has 0 amide bonds. The van der Waals surface area contributed by atoms with Gasteiger partial charge in [0.1, 0.15) is 5.01 Å². The maximum atomic E-state index is 5.39. The number of aromatic nitrogens is 1. The first kappa shape index (κ1) is 15.9. The van der Waals surface area contributed by atoms with Gasteiger partial charge >= 0.3 is 0 Å². The van der Waals surface area contributed by atoms with Gasteiger partial charge in [-0.05, 0) is 19.4 Å². The Morgan fingerprint density at radius 3 is 2.80 bits per heavy atom. The van der Waals surface area contributed by atoms with Gasteiger partial charge in [0.05, 0.1) is 25.5 Å². The first-order chi connectivity index (χ1) is 9.83. The van der Waals surface area contributed by atoms with Gasteiger partial charge in [0.25, 0.3) is 0 Å². The number of nitrogens with one attached hydrogen (secondary N) is 1. The van der Waals surface area contributed by atoms with Crippen LogP contribution in [0.4, 0.5) is 0 Å². The number of hydrogen-bond acceptors (Lipinski definition) is 5. The topological polar surface area (TPSA) is 37.4 Å². The molecule has 0 radical (unpaired) electrons. The Labute approximate surface area is 126 Å². The van der Waals surface area contributed by atoms with E-state index in [2.05, 4.69) is 24.1 Å². The van der Waals surface area contributed by atoms with Gasteiger partial charge in [0.2, 0.25) is 0 Å². The molecular formula is C15H27N3OS. The maximum Gasteiger partial charge on any atom is 0.107 e. The van der Waals surface area contributed by atoms with Crippen molar-refractivity contribution in [2.75, 3.05) is 32.8 Å². The molecule has 1 aromatic rings. The van der Waals surface area contributed by atoms with E-state index < -0.39 is 0 Å². The van der Waals surface area contributed by atoms with Gasteiger partial charge in [-0.15, -0.1) is 11.3 Å². The summed E-state index contributed by atoms with van der Waals surface area (Å²) in [6.07, 6.45) is 3.53. The van der Waals surface area contributed by atoms with Gasteiger partial charge in [-0.3, -0.25) is 4.90 Å². The molecule has 1 aromatic heterocycles. The van der Waals surface area contributed by atoms with E-state index in [1.54, 1.807) is 0 Å². The zero-order valence-electron chi connectivity index (χ0n) is 12.8. The van der Waals surface area contributed by atoms with E-state index in [4.69, 9.17) is 9.72 Å². The van der Waals surface area contributed by atoms with Crippen molar-refractivity contribution in [1.82, 2.24) is 15.2 Å². The van der Waals surface area contributed by atoms with Crippen LogP contribution in [0, 0.1) is 0 Å². The van der Waals surface area contributed by atoms with Crippen molar-refractivity contribution in [3.8, 4) is 0 Å². The molecule has 4 nitrogen and oxygen atoms in total. The van der Waals surface area contributed by atoms with E-state index in [-0.39, 0.29) is 0 Å². The summed E-state index contributed by atoms with van der Waals surface area (Å²) in [5.41, 5.74) is 1.28. The quantitative estimate of drug-likeness (QED) is 0.748. The molecule has 1 fully saturated rings. The highest BCUT2D eigenvalue weighted by Gasteiger charge is 2.15. The summed E-state index contributed by atoms with van der Waals surface area (Å²) in [7, 11) is 0. The SMILES string of the molecule is CCCCNCc1sc(CN2CCOCC2)nc1CC. The molecule has 1 aliphatic rings. The third-order valence-electron chi connectivity index (χ3n) is 3.61. The van der Waals surface area contributed by atoms with Crippen molar-refractivity contribution in [1.29, 1.82) is 0 Å². The lowest BCUT2D eigenvalue weighted by molar-refractivity contribution is 0.0341. The summed E-state index contributed by atoms with van der Waals surface area (Å²) in [6, 6.07) is 0. The Kier molecular flexibility index (Phi) is 6.93. The molecule has 1 N–H and O–H groups in total. The second-order valence-electron chi connectivity index (χ2n) is 5.25. The Bertz CT molecular complexity index is 388. The summed E-state index contributed by atoms with van der Waals surface area (Å²) in [6.45, 7) is 11.3. The van der Waals surface area contributed by atoms with Crippen LogP contribution >= 0.6 is 11.3 Å². The molecule has 114 valence electrons. The van der Waals surface area contributed by atoms with Gasteiger partial charge in [0, 0.05) is 24.5 Å². The molecule has 0 aliphatic carbocycles. The average molecular weight is 297 g/mol. The van der Waals surface area contributed by atoms with E-state index in [9.17, 15) is 0 Å². The first-order valence-corrected chi connectivity index (χ1v) is 8.63. The lowest BCUT2D eigenvalue weighted by Crippen LogP contribution is -2.35. The lowest BCUT2D eigenvalue weighted by atomic mass is 10.3. The number of hydrogen-bond donors (Lipinski definition) is 1. The Morgan fingerprint density at radius 2 is 2.10 bits per heavy atom. The van der Waals surface area contributed by atoms with Crippen molar-refractivity contribution in [2.24, 2.45) is 0 Å². The summed E-state index contributed by atoms with van der Waals surface area (Å²) in [4.78, 5) is 8.68. The van der Waals surface area contributed by atoms with Crippen LogP contribution in [0.25, 0.3) is 0 Å². The highest BCUT2D eigenvalue weighted by Crippen LogP contribution is 2.21. The highest BCUT2D eigenvalue weighted by molar-refractivity contribution is 7.11. The number of thiazole rings is 1. The monoisotopic (exact) mass is 297 g/mol. The number of aryl methyl sites for hydroxylation is 1. The van der Waals surface area contributed by atoms with Gasteiger partial charge in [-0.1, -0.05) is 20.3 Å². The second kappa shape index (κ2) is 8.72. The number of ether oxygens (including phenoxy) is 1. The van der Waals surface area contributed by atoms with Crippen LogP contribution in [0.15, 0.2) is 0 Å². The molecule has 1 saturated heterocycles. The standard InChI is InChI=1S/C15H27N3OS/c1-3-5-6-16-11-14-13(4-2)17-15(20-14)12-18-7-9-19-10-8-18/h16H,3-12H2,1-2H3. The molecule has 0 saturated carbocycles. The van der Waals surface area contributed by atoms with E-state index >= 15 is 0 Å². The molecule has 5 heteroatoms. The molecule has 20 heavy (non-hydrogen) atoms. The van der Waals surface area contributed by atoms with Crippen LogP contribution in [0.3, 0.4) is 0 Å². The van der Waals surface area contributed by atoms with Crippen LogP contribution in [-0.2, 0) is 24.2 Å². The summed E-state index contributed by atoms with van der Waals surface area (Å²) in [5.74, 6) is 0. The minimum Gasteiger partial charge on any atom is -0.379 e. The maximum absolute atomic E-state index is 5.39. The second-order valence-corrected chi connectivity index (χ2v) is 6.42. The van der Waals surface area contributed by atoms with Crippen molar-refractivity contribution in [3.63, 3.8) is 0 Å². The Balaban J connectivity index is 1.87. The minimum absolute atomic E-state index is 0.859. The molecular weight excluding hydrogens is 270 g/mol. The summed E-state index contributed by atoms with van der Waals surface area (Å²) in [5, 5.41) is 4.79. The van der Waals surface area contributed by atoms with Gasteiger partial charge < -0.3 is 10.1 Å². The van der Waals surface area contributed by atoms with Crippen LogP contribution in [0.2, 0.25) is 0 Å². The van der Waals surface area contributed by atoms with Crippen LogP contribution in [0.1, 0.15) is 42.3 Å². The predicted molar refractivity (Wildman–Crippen MR) is 84.2 cm³/mol. The molecule has 0 atom stereocenters. The van der Waals surface area contributed by atoms with E-state index in [0.717, 1.165) is 52.4 Å². The normalized spacial score (nSPS) is 16.7. The molecule has 0 aromatic carbocycles. The fourth-order valence-corrected chi connectivity index (χ4v) is 3.54.